The van der Waals surface area contributed by atoms with Crippen LogP contribution in [0, 0.1) is 0 Å². The first-order chi connectivity index (χ1) is 10.5. The highest BCUT2D eigenvalue weighted by molar-refractivity contribution is 7.89. The van der Waals surface area contributed by atoms with Gasteiger partial charge in [-0.05, 0) is 44.0 Å². The molecule has 1 aliphatic rings. The van der Waals surface area contributed by atoms with Gasteiger partial charge in [-0.2, -0.15) is 0 Å². The number of hydrogen-bond acceptors (Lipinski definition) is 5. The molecule has 4 N–H and O–H groups in total. The first-order valence-electron chi connectivity index (χ1n) is 7.73. The summed E-state index contributed by atoms with van der Waals surface area (Å²) in [7, 11) is -3.51. The molecule has 0 atom stereocenters. The van der Waals surface area contributed by atoms with Crippen molar-refractivity contribution in [2.24, 2.45) is 5.73 Å². The average molecular weight is 327 g/mol. The van der Waals surface area contributed by atoms with Crippen molar-refractivity contribution in [2.45, 2.75) is 43.6 Å². The van der Waals surface area contributed by atoms with Crippen molar-refractivity contribution in [1.29, 1.82) is 0 Å². The zero-order valence-electron chi connectivity index (χ0n) is 13.2. The molecule has 124 valence electrons. The van der Waals surface area contributed by atoms with Gasteiger partial charge in [-0.15, -0.1) is 0 Å². The highest BCUT2D eigenvalue weighted by atomic mass is 32.2. The third-order valence-corrected chi connectivity index (χ3v) is 5.61. The van der Waals surface area contributed by atoms with Gasteiger partial charge in [0.05, 0.1) is 17.1 Å². The molecule has 1 heterocycles. The molecule has 0 unspecified atom stereocenters. The van der Waals surface area contributed by atoms with Crippen LogP contribution in [0.3, 0.4) is 0 Å². The molecular weight excluding hydrogens is 302 g/mol. The zero-order valence-corrected chi connectivity index (χ0v) is 14.0. The van der Waals surface area contributed by atoms with Gasteiger partial charge in [0.2, 0.25) is 10.0 Å². The molecule has 1 aliphatic heterocycles. The van der Waals surface area contributed by atoms with Crippen LogP contribution in [0.4, 0.5) is 5.69 Å². The van der Waals surface area contributed by atoms with E-state index in [1.165, 1.54) is 0 Å². The summed E-state index contributed by atoms with van der Waals surface area (Å²) in [4.78, 5) is 0.236. The molecule has 0 spiro atoms. The number of nitrogens with two attached hydrogens (primary N) is 1. The quantitative estimate of drug-likeness (QED) is 0.663. The maximum Gasteiger partial charge on any atom is 0.240 e. The lowest BCUT2D eigenvalue weighted by Crippen LogP contribution is -2.44. The molecule has 7 heteroatoms. The largest absolute Gasteiger partial charge is 0.483 e. The van der Waals surface area contributed by atoms with E-state index in [-0.39, 0.29) is 10.5 Å². The van der Waals surface area contributed by atoms with Gasteiger partial charge in [-0.25, -0.2) is 13.1 Å². The fraction of sp³-hybridized carbons (Fsp3) is 0.600. The van der Waals surface area contributed by atoms with Gasteiger partial charge in [-0.3, -0.25) is 0 Å². The minimum atomic E-state index is -3.51. The number of fused-ring (bicyclic) bond motifs is 1. The number of hydrogen-bond donors (Lipinski definition) is 3. The van der Waals surface area contributed by atoms with Crippen LogP contribution in [0.5, 0.6) is 5.75 Å². The van der Waals surface area contributed by atoms with Crippen molar-refractivity contribution >= 4 is 15.7 Å². The molecular formula is C15H25N3O3S. The van der Waals surface area contributed by atoms with Gasteiger partial charge >= 0.3 is 0 Å². The van der Waals surface area contributed by atoms with Crippen LogP contribution in [-0.2, 0) is 10.0 Å². The summed E-state index contributed by atoms with van der Waals surface area (Å²) in [6.45, 7) is 5.66. The van der Waals surface area contributed by atoms with E-state index >= 15 is 0 Å². The Hall–Kier alpha value is -1.31. The normalized spacial score (nSPS) is 16.5. The van der Waals surface area contributed by atoms with Gasteiger partial charge in [0, 0.05) is 6.54 Å². The van der Waals surface area contributed by atoms with E-state index in [1.807, 2.05) is 0 Å². The van der Waals surface area contributed by atoms with E-state index in [2.05, 4.69) is 23.9 Å². The maximum absolute atomic E-state index is 12.2. The van der Waals surface area contributed by atoms with Crippen molar-refractivity contribution in [3.8, 4) is 5.75 Å². The fourth-order valence-electron chi connectivity index (χ4n) is 2.47. The Morgan fingerprint density at radius 3 is 2.73 bits per heavy atom. The lowest BCUT2D eigenvalue weighted by atomic mass is 9.95. The molecule has 0 aliphatic carbocycles. The smallest absolute Gasteiger partial charge is 0.240 e. The number of benzene rings is 1. The Labute approximate surface area is 132 Å². The topological polar surface area (TPSA) is 93.5 Å². The second-order valence-corrected chi connectivity index (χ2v) is 7.31. The fourth-order valence-corrected chi connectivity index (χ4v) is 3.57. The lowest BCUT2D eigenvalue weighted by Gasteiger charge is -2.38. The van der Waals surface area contributed by atoms with E-state index in [0.29, 0.717) is 31.8 Å². The molecule has 1 aromatic carbocycles. The van der Waals surface area contributed by atoms with Gasteiger partial charge in [0.1, 0.15) is 11.4 Å². The maximum atomic E-state index is 12.2. The molecule has 0 radical (unpaired) electrons. The number of ether oxygens (including phenoxy) is 1. The van der Waals surface area contributed by atoms with Gasteiger partial charge in [0.25, 0.3) is 0 Å². The van der Waals surface area contributed by atoms with Crippen molar-refractivity contribution in [3.05, 3.63) is 18.2 Å². The SMILES string of the molecule is CCC1(CC)CNc2cc(S(=O)(=O)NCCCN)ccc2O1. The van der Waals surface area contributed by atoms with E-state index in [9.17, 15) is 8.42 Å². The Balaban J connectivity index is 2.20. The van der Waals surface area contributed by atoms with Gasteiger partial charge in [-0.1, -0.05) is 13.8 Å². The van der Waals surface area contributed by atoms with E-state index in [4.69, 9.17) is 10.5 Å². The number of nitrogens with one attached hydrogen (secondary N) is 2. The van der Waals surface area contributed by atoms with Crippen molar-refractivity contribution < 1.29 is 13.2 Å². The zero-order chi connectivity index (χ0) is 16.2. The second kappa shape index (κ2) is 6.85. The van der Waals surface area contributed by atoms with Crippen LogP contribution < -0.4 is 20.5 Å². The van der Waals surface area contributed by atoms with Crippen LogP contribution in [0.1, 0.15) is 33.1 Å². The van der Waals surface area contributed by atoms with Crippen LogP contribution in [0.2, 0.25) is 0 Å². The Morgan fingerprint density at radius 1 is 1.36 bits per heavy atom. The number of sulfonamides is 1. The molecule has 0 saturated carbocycles. The van der Waals surface area contributed by atoms with Crippen molar-refractivity contribution in [2.75, 3.05) is 25.0 Å². The standard InChI is InChI=1S/C15H25N3O3S/c1-3-15(4-2)11-17-13-10-12(6-7-14(13)21-15)22(19,20)18-9-5-8-16/h6-7,10,17-18H,3-5,8-9,11,16H2,1-2H3. The third kappa shape index (κ3) is 3.53. The molecule has 0 saturated heterocycles. The Kier molecular flexibility index (Phi) is 5.31. The molecule has 2 rings (SSSR count). The first kappa shape index (κ1) is 17.1. The predicted octanol–water partition coefficient (Wildman–Crippen LogP) is 1.68. The highest BCUT2D eigenvalue weighted by Gasteiger charge is 2.33. The number of anilines is 1. The summed E-state index contributed by atoms with van der Waals surface area (Å²) < 4.78 is 33.1. The molecule has 0 amide bonds. The van der Waals surface area contributed by atoms with Crippen LogP contribution in [0.25, 0.3) is 0 Å². The summed E-state index contributed by atoms with van der Waals surface area (Å²) in [5, 5.41) is 3.30. The first-order valence-corrected chi connectivity index (χ1v) is 9.21. The van der Waals surface area contributed by atoms with Gasteiger partial charge in [0.15, 0.2) is 0 Å². The van der Waals surface area contributed by atoms with Gasteiger partial charge < -0.3 is 15.8 Å². The van der Waals surface area contributed by atoms with E-state index in [1.54, 1.807) is 18.2 Å². The average Bonchev–Trinajstić information content (AvgIpc) is 2.54. The number of rotatable bonds is 7. The van der Waals surface area contributed by atoms with Crippen LogP contribution in [-0.4, -0.2) is 33.7 Å². The minimum absolute atomic E-state index is 0.216. The minimum Gasteiger partial charge on any atom is -0.483 e. The predicted molar refractivity (Wildman–Crippen MR) is 87.7 cm³/mol. The molecule has 1 aromatic rings. The molecule has 22 heavy (non-hydrogen) atoms. The van der Waals surface area contributed by atoms with Crippen LogP contribution >= 0.6 is 0 Å². The summed E-state index contributed by atoms with van der Waals surface area (Å²) >= 11 is 0. The lowest BCUT2D eigenvalue weighted by molar-refractivity contribution is 0.0670. The summed E-state index contributed by atoms with van der Waals surface area (Å²) in [6.07, 6.45) is 2.41. The monoisotopic (exact) mass is 327 g/mol. The second-order valence-electron chi connectivity index (χ2n) is 5.54. The van der Waals surface area contributed by atoms with Crippen molar-refractivity contribution in [3.63, 3.8) is 0 Å². The summed E-state index contributed by atoms with van der Waals surface area (Å²) in [5.74, 6) is 0.704. The molecule has 0 fully saturated rings. The molecule has 0 aromatic heterocycles. The Bertz CT molecular complexity index is 612. The van der Waals surface area contributed by atoms with Crippen LogP contribution in [0.15, 0.2) is 23.1 Å². The summed E-state index contributed by atoms with van der Waals surface area (Å²) in [5.41, 5.74) is 5.88. The molecule has 0 bridgehead atoms. The van der Waals surface area contributed by atoms with Crippen molar-refractivity contribution in [1.82, 2.24) is 4.72 Å². The van der Waals surface area contributed by atoms with E-state index < -0.39 is 10.0 Å². The third-order valence-electron chi connectivity index (χ3n) is 4.15. The Morgan fingerprint density at radius 2 is 2.09 bits per heavy atom. The molecule has 6 nitrogen and oxygen atoms in total. The highest BCUT2D eigenvalue weighted by Crippen LogP contribution is 2.37. The summed E-state index contributed by atoms with van der Waals surface area (Å²) in [6, 6.07) is 4.92. The van der Waals surface area contributed by atoms with E-state index in [0.717, 1.165) is 18.5 Å².